The van der Waals surface area contributed by atoms with Gasteiger partial charge in [-0.15, -0.1) is 0 Å². The van der Waals surface area contributed by atoms with Crippen molar-refractivity contribution in [3.63, 3.8) is 0 Å². The van der Waals surface area contributed by atoms with Crippen molar-refractivity contribution in [1.29, 1.82) is 5.26 Å². The zero-order valence-electron chi connectivity index (χ0n) is 21.1. The van der Waals surface area contributed by atoms with E-state index in [0.29, 0.717) is 31.5 Å². The van der Waals surface area contributed by atoms with E-state index in [4.69, 9.17) is 0 Å². The summed E-state index contributed by atoms with van der Waals surface area (Å²) in [6, 6.07) is 36.7. The lowest BCUT2D eigenvalue weighted by Gasteiger charge is -2.43. The molecule has 2 heterocycles. The molecule has 0 saturated carbocycles. The molecule has 1 amide bonds. The highest BCUT2D eigenvalue weighted by Crippen LogP contribution is 2.44. The minimum absolute atomic E-state index is 0.125. The number of nitrogens with zero attached hydrogens (tertiary/aromatic N) is 3. The summed E-state index contributed by atoms with van der Waals surface area (Å²) >= 11 is 7.08. The first-order valence-electron chi connectivity index (χ1n) is 12.9. The molecule has 0 fully saturated rings. The second kappa shape index (κ2) is 10.5. The van der Waals surface area contributed by atoms with Gasteiger partial charge in [-0.25, -0.2) is 0 Å². The lowest BCUT2D eigenvalue weighted by molar-refractivity contribution is 0.0536. The van der Waals surface area contributed by atoms with Gasteiger partial charge in [0.1, 0.15) is 0 Å². The van der Waals surface area contributed by atoms with Crippen LogP contribution in [0.3, 0.4) is 0 Å². The van der Waals surface area contributed by atoms with Crippen LogP contribution in [0.15, 0.2) is 112 Å². The van der Waals surface area contributed by atoms with Crippen LogP contribution in [-0.4, -0.2) is 21.9 Å². The van der Waals surface area contributed by atoms with Gasteiger partial charge in [0, 0.05) is 44.9 Å². The molecule has 1 aliphatic rings. The second-order valence-electron chi connectivity index (χ2n) is 9.91. The van der Waals surface area contributed by atoms with Gasteiger partial charge < -0.3 is 9.47 Å². The molecular weight excluding hydrogens is 614 g/mol. The highest BCUT2D eigenvalue weighted by molar-refractivity contribution is 9.10. The molecule has 0 spiro atoms. The van der Waals surface area contributed by atoms with E-state index in [1.807, 2.05) is 77.7 Å². The molecule has 6 heteroatoms. The van der Waals surface area contributed by atoms with Crippen molar-refractivity contribution < 1.29 is 4.79 Å². The van der Waals surface area contributed by atoms with Crippen LogP contribution in [0.1, 0.15) is 32.7 Å². The molecule has 192 valence electrons. The van der Waals surface area contributed by atoms with E-state index in [1.54, 1.807) is 0 Å². The fraction of sp³-hybridized carbons (Fsp3) is 0.152. The molecule has 6 rings (SSSR count). The summed E-state index contributed by atoms with van der Waals surface area (Å²) in [4.78, 5) is 15.9. The minimum atomic E-state index is -1.19. The first kappa shape index (κ1) is 25.6. The van der Waals surface area contributed by atoms with Crippen LogP contribution in [0.4, 0.5) is 0 Å². The van der Waals surface area contributed by atoms with Crippen LogP contribution in [0.2, 0.25) is 0 Å². The van der Waals surface area contributed by atoms with Gasteiger partial charge in [0.2, 0.25) is 0 Å². The molecular formula is C33H25Br2N3O. The molecule has 1 unspecified atom stereocenters. The number of carbonyl (C=O) groups is 1. The van der Waals surface area contributed by atoms with Gasteiger partial charge in [-0.2, -0.15) is 5.26 Å². The standard InChI is InChI=1S/C33H25Br2N3O/c34-26-14-10-23(11-15-26)20-33(22-36)31-29(18-19-38(33)32(39)25-6-2-1-3-7-25)28-8-4-5-9-30(28)37(31)21-24-12-16-27(35)17-13-24/h1-17H,18-21H2. The molecule has 39 heavy (non-hydrogen) atoms. The highest BCUT2D eigenvalue weighted by Gasteiger charge is 2.49. The first-order chi connectivity index (χ1) is 19.0. The second-order valence-corrected chi connectivity index (χ2v) is 11.7. The molecule has 0 aliphatic carbocycles. The van der Waals surface area contributed by atoms with E-state index in [2.05, 4.69) is 72.8 Å². The third-order valence-corrected chi connectivity index (χ3v) is 8.65. The van der Waals surface area contributed by atoms with Gasteiger partial charge in [0.25, 0.3) is 5.91 Å². The number of amides is 1. The number of rotatable bonds is 5. The van der Waals surface area contributed by atoms with Crippen molar-refractivity contribution in [2.24, 2.45) is 0 Å². The number of nitriles is 1. The maximum absolute atomic E-state index is 14.1. The quantitative estimate of drug-likeness (QED) is 0.197. The molecule has 1 aliphatic heterocycles. The molecule has 4 aromatic carbocycles. The Hall–Kier alpha value is -3.66. The Morgan fingerprint density at radius 1 is 0.821 bits per heavy atom. The van der Waals surface area contributed by atoms with Crippen LogP contribution >= 0.6 is 31.9 Å². The summed E-state index contributed by atoms with van der Waals surface area (Å²) in [6.07, 6.45) is 1.07. The number of hydrogen-bond donors (Lipinski definition) is 0. The van der Waals surface area contributed by atoms with Crippen LogP contribution in [0.5, 0.6) is 0 Å². The summed E-state index contributed by atoms with van der Waals surface area (Å²) in [6.45, 7) is 1.07. The van der Waals surface area contributed by atoms with Crippen LogP contribution in [0, 0.1) is 11.3 Å². The lowest BCUT2D eigenvalue weighted by atomic mass is 9.80. The topological polar surface area (TPSA) is 49.0 Å². The van der Waals surface area contributed by atoms with Crippen molar-refractivity contribution in [2.75, 3.05) is 6.54 Å². The van der Waals surface area contributed by atoms with E-state index in [-0.39, 0.29) is 5.91 Å². The zero-order chi connectivity index (χ0) is 27.0. The normalized spacial score (nSPS) is 16.6. The predicted octanol–water partition coefficient (Wildman–Crippen LogP) is 7.87. The number of hydrogen-bond acceptors (Lipinski definition) is 2. The molecule has 0 bridgehead atoms. The van der Waals surface area contributed by atoms with E-state index < -0.39 is 5.54 Å². The fourth-order valence-electron chi connectivity index (χ4n) is 5.82. The first-order valence-corrected chi connectivity index (χ1v) is 14.5. The Bertz CT molecular complexity index is 1700. The molecule has 0 radical (unpaired) electrons. The molecule has 4 nitrogen and oxygen atoms in total. The number of aromatic nitrogens is 1. The average Bonchev–Trinajstić information content (AvgIpc) is 3.30. The average molecular weight is 639 g/mol. The summed E-state index contributed by atoms with van der Waals surface area (Å²) in [5.74, 6) is -0.125. The number of benzene rings is 4. The Morgan fingerprint density at radius 3 is 2.10 bits per heavy atom. The van der Waals surface area contributed by atoms with Crippen LogP contribution in [0.25, 0.3) is 10.9 Å². The monoisotopic (exact) mass is 637 g/mol. The van der Waals surface area contributed by atoms with Gasteiger partial charge >= 0.3 is 0 Å². The van der Waals surface area contributed by atoms with Gasteiger partial charge in [0.05, 0.1) is 11.8 Å². The number of carbonyl (C=O) groups excluding carboxylic acids is 1. The molecule has 5 aromatic rings. The van der Waals surface area contributed by atoms with E-state index >= 15 is 0 Å². The number of halogens is 2. The van der Waals surface area contributed by atoms with Crippen molar-refractivity contribution >= 4 is 48.7 Å². The molecule has 0 N–H and O–H groups in total. The van der Waals surface area contributed by atoms with Crippen molar-refractivity contribution in [3.05, 3.63) is 140 Å². The largest absolute Gasteiger partial charge is 0.337 e. The van der Waals surface area contributed by atoms with Crippen molar-refractivity contribution in [3.8, 4) is 6.07 Å². The Labute approximate surface area is 244 Å². The molecule has 0 saturated heterocycles. The smallest absolute Gasteiger partial charge is 0.255 e. The molecule has 1 atom stereocenters. The lowest BCUT2D eigenvalue weighted by Crippen LogP contribution is -2.55. The van der Waals surface area contributed by atoms with Gasteiger partial charge in [0.15, 0.2) is 5.54 Å². The van der Waals surface area contributed by atoms with Crippen LogP contribution in [-0.2, 0) is 24.9 Å². The maximum atomic E-state index is 14.1. The van der Waals surface area contributed by atoms with Gasteiger partial charge in [-0.05, 0) is 65.6 Å². The SMILES string of the molecule is N#CC1(Cc2ccc(Br)cc2)c2c(c3ccccc3n2Cc2ccc(Br)cc2)CCN1C(=O)c1ccccc1. The summed E-state index contributed by atoms with van der Waals surface area (Å²) in [5.41, 5.74) is 4.67. The summed E-state index contributed by atoms with van der Waals surface area (Å²) in [7, 11) is 0. The zero-order valence-corrected chi connectivity index (χ0v) is 24.3. The Balaban J connectivity index is 1.60. The summed E-state index contributed by atoms with van der Waals surface area (Å²) < 4.78 is 4.26. The third kappa shape index (κ3) is 4.60. The number of fused-ring (bicyclic) bond motifs is 3. The minimum Gasteiger partial charge on any atom is -0.337 e. The predicted molar refractivity (Wildman–Crippen MR) is 162 cm³/mol. The van der Waals surface area contributed by atoms with E-state index in [0.717, 1.165) is 42.2 Å². The van der Waals surface area contributed by atoms with Gasteiger partial charge in [-0.1, -0.05) is 92.5 Å². The maximum Gasteiger partial charge on any atom is 0.255 e. The number of para-hydroxylation sites is 1. The molecule has 1 aromatic heterocycles. The van der Waals surface area contributed by atoms with E-state index in [1.165, 1.54) is 0 Å². The van der Waals surface area contributed by atoms with Crippen molar-refractivity contribution in [2.45, 2.75) is 24.9 Å². The van der Waals surface area contributed by atoms with Crippen LogP contribution < -0.4 is 0 Å². The summed E-state index contributed by atoms with van der Waals surface area (Å²) in [5, 5.41) is 12.3. The highest BCUT2D eigenvalue weighted by atomic mass is 79.9. The van der Waals surface area contributed by atoms with Gasteiger partial charge in [-0.3, -0.25) is 4.79 Å². The third-order valence-electron chi connectivity index (χ3n) is 7.59. The Morgan fingerprint density at radius 2 is 1.44 bits per heavy atom. The Kier molecular flexibility index (Phi) is 6.88. The fourth-order valence-corrected chi connectivity index (χ4v) is 6.35. The van der Waals surface area contributed by atoms with Crippen molar-refractivity contribution in [1.82, 2.24) is 9.47 Å². The van der Waals surface area contributed by atoms with E-state index in [9.17, 15) is 10.1 Å².